The summed E-state index contributed by atoms with van der Waals surface area (Å²) < 4.78 is 43.9. The fraction of sp³-hybridized carbons (Fsp3) is 0.500. The van der Waals surface area contributed by atoms with Crippen LogP contribution in [0.15, 0.2) is 18.2 Å². The molecule has 4 nitrogen and oxygen atoms in total. The highest BCUT2D eigenvalue weighted by molar-refractivity contribution is 6.00. The van der Waals surface area contributed by atoms with Crippen LogP contribution in [0.2, 0.25) is 0 Å². The second-order valence-electron chi connectivity index (χ2n) is 4.51. The molecule has 0 aromatic heterocycles. The molecule has 0 aliphatic rings. The SMILES string of the molecule is CCOCC(C)NC(=O)c1cccc(C(F)(F)F)c1NC. The number of hydrogen-bond donors (Lipinski definition) is 2. The van der Waals surface area contributed by atoms with E-state index in [0.29, 0.717) is 13.2 Å². The van der Waals surface area contributed by atoms with E-state index in [1.807, 2.05) is 6.92 Å². The quantitative estimate of drug-likeness (QED) is 0.849. The molecule has 0 aliphatic carbocycles. The van der Waals surface area contributed by atoms with Crippen molar-refractivity contribution in [2.24, 2.45) is 0 Å². The molecule has 7 heteroatoms. The number of benzene rings is 1. The number of hydrogen-bond acceptors (Lipinski definition) is 3. The van der Waals surface area contributed by atoms with E-state index in [1.165, 1.54) is 19.2 Å². The first-order valence-corrected chi connectivity index (χ1v) is 6.57. The van der Waals surface area contributed by atoms with Crippen LogP contribution in [-0.4, -0.2) is 32.2 Å². The lowest BCUT2D eigenvalue weighted by atomic mass is 10.1. The molecule has 0 fully saturated rings. The smallest absolute Gasteiger partial charge is 0.387 e. The van der Waals surface area contributed by atoms with E-state index in [2.05, 4.69) is 10.6 Å². The summed E-state index contributed by atoms with van der Waals surface area (Å²) in [6.07, 6.45) is -4.52. The fourth-order valence-corrected chi connectivity index (χ4v) is 1.88. The highest BCUT2D eigenvalue weighted by Gasteiger charge is 2.35. The monoisotopic (exact) mass is 304 g/mol. The van der Waals surface area contributed by atoms with Gasteiger partial charge in [-0.05, 0) is 26.0 Å². The van der Waals surface area contributed by atoms with Gasteiger partial charge in [0, 0.05) is 19.7 Å². The maximum Gasteiger partial charge on any atom is 0.418 e. The summed E-state index contributed by atoms with van der Waals surface area (Å²) in [7, 11) is 1.35. The van der Waals surface area contributed by atoms with Crippen molar-refractivity contribution < 1.29 is 22.7 Å². The Morgan fingerprint density at radius 2 is 2.05 bits per heavy atom. The Morgan fingerprint density at radius 1 is 1.38 bits per heavy atom. The average Bonchev–Trinajstić information content (AvgIpc) is 2.43. The minimum Gasteiger partial charge on any atom is -0.387 e. The summed E-state index contributed by atoms with van der Waals surface area (Å²) in [5.41, 5.74) is -1.14. The third-order valence-corrected chi connectivity index (χ3v) is 2.81. The molecular formula is C14H19F3N2O2. The molecule has 21 heavy (non-hydrogen) atoms. The molecule has 1 aromatic carbocycles. The van der Waals surface area contributed by atoms with Crippen molar-refractivity contribution in [3.63, 3.8) is 0 Å². The molecule has 1 aromatic rings. The van der Waals surface area contributed by atoms with E-state index in [4.69, 9.17) is 4.74 Å². The fourth-order valence-electron chi connectivity index (χ4n) is 1.88. The summed E-state index contributed by atoms with van der Waals surface area (Å²) in [6, 6.07) is 3.21. The van der Waals surface area contributed by atoms with Crippen LogP contribution in [0.3, 0.4) is 0 Å². The van der Waals surface area contributed by atoms with Gasteiger partial charge in [-0.25, -0.2) is 0 Å². The van der Waals surface area contributed by atoms with E-state index in [0.717, 1.165) is 6.07 Å². The maximum absolute atomic E-state index is 12.9. The summed E-state index contributed by atoms with van der Waals surface area (Å²) in [5.74, 6) is -0.572. The van der Waals surface area contributed by atoms with Crippen molar-refractivity contribution in [3.05, 3.63) is 29.3 Å². The van der Waals surface area contributed by atoms with Crippen LogP contribution in [0.1, 0.15) is 29.8 Å². The molecule has 1 rings (SSSR count). The van der Waals surface area contributed by atoms with E-state index < -0.39 is 17.6 Å². The first-order chi connectivity index (χ1) is 9.81. The third-order valence-electron chi connectivity index (χ3n) is 2.81. The van der Waals surface area contributed by atoms with Crippen LogP contribution < -0.4 is 10.6 Å². The first kappa shape index (κ1) is 17.3. The Morgan fingerprint density at radius 3 is 2.57 bits per heavy atom. The number of alkyl halides is 3. The van der Waals surface area contributed by atoms with Gasteiger partial charge in [0.05, 0.1) is 23.4 Å². The topological polar surface area (TPSA) is 50.4 Å². The molecule has 118 valence electrons. The lowest BCUT2D eigenvalue weighted by molar-refractivity contribution is -0.136. The summed E-state index contributed by atoms with van der Waals surface area (Å²) in [4.78, 5) is 12.1. The molecule has 1 atom stereocenters. The van der Waals surface area contributed by atoms with Gasteiger partial charge in [0.15, 0.2) is 0 Å². The summed E-state index contributed by atoms with van der Waals surface area (Å²) in [6.45, 7) is 4.35. The minimum atomic E-state index is -4.52. The van der Waals surface area contributed by atoms with Crippen LogP contribution in [0.4, 0.5) is 18.9 Å². The van der Waals surface area contributed by atoms with Crippen molar-refractivity contribution in [1.29, 1.82) is 0 Å². The number of para-hydroxylation sites is 1. The van der Waals surface area contributed by atoms with Crippen molar-refractivity contribution >= 4 is 11.6 Å². The van der Waals surface area contributed by atoms with Crippen molar-refractivity contribution in [3.8, 4) is 0 Å². The standard InChI is InChI=1S/C14H19F3N2O2/c1-4-21-8-9(2)19-13(20)10-6-5-7-11(12(10)18-3)14(15,16)17/h5-7,9,18H,4,8H2,1-3H3,(H,19,20). The van der Waals surface area contributed by atoms with Gasteiger partial charge in [-0.3, -0.25) is 4.79 Å². The number of ether oxygens (including phenoxy) is 1. The normalized spacial score (nSPS) is 12.9. The molecule has 2 N–H and O–H groups in total. The van der Waals surface area contributed by atoms with Gasteiger partial charge >= 0.3 is 6.18 Å². The van der Waals surface area contributed by atoms with Crippen molar-refractivity contribution in [2.45, 2.75) is 26.1 Å². The van der Waals surface area contributed by atoms with Crippen LogP contribution in [0.25, 0.3) is 0 Å². The molecule has 1 unspecified atom stereocenters. The number of rotatable bonds is 6. The molecule has 0 aliphatic heterocycles. The van der Waals surface area contributed by atoms with Crippen LogP contribution in [0.5, 0.6) is 0 Å². The number of carbonyl (C=O) groups is 1. The number of halogens is 3. The zero-order valence-electron chi connectivity index (χ0n) is 12.2. The Bertz CT molecular complexity index is 490. The Kier molecular flexibility index (Phi) is 6.02. The van der Waals surface area contributed by atoms with Crippen LogP contribution in [-0.2, 0) is 10.9 Å². The predicted octanol–water partition coefficient (Wildman–Crippen LogP) is 2.90. The molecule has 0 radical (unpaired) electrons. The summed E-state index contributed by atoms with van der Waals surface area (Å²) >= 11 is 0. The largest absolute Gasteiger partial charge is 0.418 e. The first-order valence-electron chi connectivity index (χ1n) is 6.57. The van der Waals surface area contributed by atoms with Gasteiger partial charge in [0.1, 0.15) is 0 Å². The van der Waals surface area contributed by atoms with Crippen molar-refractivity contribution in [2.75, 3.05) is 25.6 Å². The van der Waals surface area contributed by atoms with Gasteiger partial charge in [0.25, 0.3) is 5.91 Å². The molecule has 0 spiro atoms. The second kappa shape index (κ2) is 7.31. The highest BCUT2D eigenvalue weighted by Crippen LogP contribution is 2.36. The van der Waals surface area contributed by atoms with Gasteiger partial charge in [0.2, 0.25) is 0 Å². The van der Waals surface area contributed by atoms with Crippen LogP contribution >= 0.6 is 0 Å². The Balaban J connectivity index is 2.99. The van der Waals surface area contributed by atoms with Gasteiger partial charge in [-0.2, -0.15) is 13.2 Å². The Labute approximate surface area is 121 Å². The minimum absolute atomic E-state index is 0.0457. The maximum atomic E-state index is 12.9. The van der Waals surface area contributed by atoms with Crippen molar-refractivity contribution in [1.82, 2.24) is 5.32 Å². The molecule has 0 saturated carbocycles. The number of nitrogens with one attached hydrogen (secondary N) is 2. The molecular weight excluding hydrogens is 285 g/mol. The molecule has 1 amide bonds. The number of carbonyl (C=O) groups excluding carboxylic acids is 1. The number of anilines is 1. The molecule has 0 heterocycles. The van der Waals surface area contributed by atoms with E-state index in [9.17, 15) is 18.0 Å². The van der Waals surface area contributed by atoms with E-state index in [-0.39, 0.29) is 17.3 Å². The lowest BCUT2D eigenvalue weighted by Crippen LogP contribution is -2.36. The molecule has 0 bridgehead atoms. The molecule has 0 saturated heterocycles. The van der Waals surface area contributed by atoms with Crippen LogP contribution in [0, 0.1) is 0 Å². The van der Waals surface area contributed by atoms with Gasteiger partial charge in [-0.1, -0.05) is 6.07 Å². The zero-order valence-corrected chi connectivity index (χ0v) is 12.2. The second-order valence-corrected chi connectivity index (χ2v) is 4.51. The average molecular weight is 304 g/mol. The predicted molar refractivity (Wildman–Crippen MR) is 74.4 cm³/mol. The van der Waals surface area contributed by atoms with Gasteiger partial charge < -0.3 is 15.4 Å². The number of amides is 1. The van der Waals surface area contributed by atoms with Gasteiger partial charge in [-0.15, -0.1) is 0 Å². The lowest BCUT2D eigenvalue weighted by Gasteiger charge is -2.18. The Hall–Kier alpha value is -1.76. The summed E-state index contributed by atoms with van der Waals surface area (Å²) in [5, 5.41) is 5.07. The zero-order chi connectivity index (χ0) is 16.0. The highest BCUT2D eigenvalue weighted by atomic mass is 19.4. The van der Waals surface area contributed by atoms with E-state index >= 15 is 0 Å². The third kappa shape index (κ3) is 4.63. The van der Waals surface area contributed by atoms with E-state index in [1.54, 1.807) is 6.92 Å².